The van der Waals surface area contributed by atoms with E-state index in [1.807, 2.05) is 0 Å². The minimum absolute atomic E-state index is 0.677. The number of rotatable bonds is 18. The molecule has 1 nitrogen and oxygen atoms in total. The van der Waals surface area contributed by atoms with Gasteiger partial charge in [0, 0.05) is 0 Å². The summed E-state index contributed by atoms with van der Waals surface area (Å²) in [6.45, 7) is 5.05. The van der Waals surface area contributed by atoms with Gasteiger partial charge in [0.15, 0.2) is 0 Å². The zero-order chi connectivity index (χ0) is 24.9. The first-order chi connectivity index (χ1) is 15.7. The summed E-state index contributed by atoms with van der Waals surface area (Å²) >= 11 is 0. The van der Waals surface area contributed by atoms with Gasteiger partial charge in [-0.05, 0) is 0 Å². The summed E-state index contributed by atoms with van der Waals surface area (Å²) < 4.78 is 78.0. The van der Waals surface area contributed by atoms with Gasteiger partial charge >= 0.3 is 198 Å². The maximum atomic E-state index is 14.8. The van der Waals surface area contributed by atoms with E-state index in [9.17, 15) is 22.0 Å². The first kappa shape index (κ1) is 30.1. The molecule has 0 amide bonds. The third-order valence-electron chi connectivity index (χ3n) is 6.83. The zero-order valence-electron chi connectivity index (χ0n) is 21.1. The summed E-state index contributed by atoms with van der Waals surface area (Å²) in [4.78, 5) is 0. The molecule has 0 aliphatic heterocycles. The number of unbranched alkanes of at least 4 members (excludes halogenated alkanes) is 8. The van der Waals surface area contributed by atoms with E-state index in [2.05, 4.69) is 27.7 Å². The van der Waals surface area contributed by atoms with Crippen molar-refractivity contribution in [3.63, 3.8) is 0 Å². The van der Waals surface area contributed by atoms with Crippen LogP contribution in [0.25, 0.3) is 0 Å². The molecule has 0 aliphatic carbocycles. The second kappa shape index (κ2) is 14.5. The van der Waals surface area contributed by atoms with Crippen molar-refractivity contribution in [3.8, 4) is 5.75 Å². The van der Waals surface area contributed by atoms with Crippen molar-refractivity contribution >= 4 is 6.83 Å². The van der Waals surface area contributed by atoms with Crippen LogP contribution in [-0.4, -0.2) is 24.6 Å². The van der Waals surface area contributed by atoms with Gasteiger partial charge < -0.3 is 0 Å². The van der Waals surface area contributed by atoms with Crippen LogP contribution in [0.3, 0.4) is 0 Å². The fourth-order valence-corrected chi connectivity index (χ4v) is 11.3. The third-order valence-corrected chi connectivity index (χ3v) is 13.3. The quantitative estimate of drug-likeness (QED) is 0.0643. The Bertz CT molecular complexity index is 645. The standard InChI is InChI=1S/C26H44F5OP/c1-5-9-13-17-33(18-14-10-6-2,19-15-11-7-3,20-16-12-8-4)32-26-24(30)22(28)21(27)23(29)25(26)31/h5-20H2,1-4H3. The van der Waals surface area contributed by atoms with Gasteiger partial charge in [0.05, 0.1) is 0 Å². The second-order valence-corrected chi connectivity index (χ2v) is 15.3. The first-order valence-electron chi connectivity index (χ1n) is 12.9. The van der Waals surface area contributed by atoms with Gasteiger partial charge in [-0.1, -0.05) is 0 Å². The van der Waals surface area contributed by atoms with Crippen LogP contribution in [0.1, 0.15) is 105 Å². The Morgan fingerprint density at radius 2 is 0.727 bits per heavy atom. The molecule has 0 bridgehead atoms. The molecule has 0 saturated heterocycles. The Hall–Kier alpha value is -0.900. The predicted molar refractivity (Wildman–Crippen MR) is 131 cm³/mol. The van der Waals surface area contributed by atoms with Crippen LogP contribution in [-0.2, 0) is 0 Å². The molecule has 1 aromatic carbocycles. The predicted octanol–water partition coefficient (Wildman–Crippen LogP) is 9.99. The molecule has 0 spiro atoms. The van der Waals surface area contributed by atoms with Crippen molar-refractivity contribution in [1.29, 1.82) is 0 Å². The van der Waals surface area contributed by atoms with Crippen molar-refractivity contribution in [2.45, 2.75) is 105 Å². The molecule has 0 unspecified atom stereocenters. The van der Waals surface area contributed by atoms with E-state index in [4.69, 9.17) is 4.52 Å². The van der Waals surface area contributed by atoms with E-state index >= 15 is 0 Å². The molecule has 0 aromatic heterocycles. The fourth-order valence-electron chi connectivity index (χ4n) is 4.82. The Morgan fingerprint density at radius 3 is 1.00 bits per heavy atom. The number of hydrogen-bond donors (Lipinski definition) is 0. The molecule has 1 aromatic rings. The SMILES string of the molecule is CCCCCP(CCCCC)(CCCCC)(CCCCC)Oc1c(F)c(F)c(F)c(F)c1F. The van der Waals surface area contributed by atoms with Crippen LogP contribution in [0.4, 0.5) is 22.0 Å². The van der Waals surface area contributed by atoms with Gasteiger partial charge in [-0.25, -0.2) is 0 Å². The molecule has 0 heterocycles. The molecule has 0 aliphatic rings. The van der Waals surface area contributed by atoms with Crippen LogP contribution in [0, 0.1) is 29.1 Å². The van der Waals surface area contributed by atoms with Gasteiger partial charge in [0.25, 0.3) is 0 Å². The average molecular weight is 499 g/mol. The van der Waals surface area contributed by atoms with Crippen LogP contribution in [0.5, 0.6) is 5.75 Å². The van der Waals surface area contributed by atoms with Crippen molar-refractivity contribution in [2.75, 3.05) is 24.6 Å². The molecular formula is C26H44F5OP. The van der Waals surface area contributed by atoms with Gasteiger partial charge in [-0.2, -0.15) is 0 Å². The van der Waals surface area contributed by atoms with Gasteiger partial charge in [-0.15, -0.1) is 0 Å². The number of benzene rings is 1. The molecular weight excluding hydrogens is 454 g/mol. The van der Waals surface area contributed by atoms with Crippen molar-refractivity contribution < 1.29 is 26.5 Å². The van der Waals surface area contributed by atoms with E-state index in [1.165, 1.54) is 0 Å². The minimum atomic E-state index is -3.31. The molecule has 0 radical (unpaired) electrons. The monoisotopic (exact) mass is 498 g/mol. The van der Waals surface area contributed by atoms with Crippen molar-refractivity contribution in [1.82, 2.24) is 0 Å². The molecule has 0 fully saturated rings. The first-order valence-corrected chi connectivity index (χ1v) is 15.8. The molecule has 1 rings (SSSR count). The third kappa shape index (κ3) is 8.08. The maximum absolute atomic E-state index is 14.8. The Kier molecular flexibility index (Phi) is 13.2. The van der Waals surface area contributed by atoms with Gasteiger partial charge in [0.2, 0.25) is 0 Å². The van der Waals surface area contributed by atoms with E-state index < -0.39 is 41.7 Å². The van der Waals surface area contributed by atoms with Crippen molar-refractivity contribution in [3.05, 3.63) is 29.1 Å². The van der Waals surface area contributed by atoms with E-state index in [0.29, 0.717) is 24.6 Å². The van der Waals surface area contributed by atoms with E-state index in [1.54, 1.807) is 0 Å². The van der Waals surface area contributed by atoms with Gasteiger partial charge in [0.1, 0.15) is 0 Å². The summed E-state index contributed by atoms with van der Waals surface area (Å²) in [7, 11) is 0. The number of halogens is 5. The summed E-state index contributed by atoms with van der Waals surface area (Å²) in [6, 6.07) is 0. The molecule has 33 heavy (non-hydrogen) atoms. The molecule has 0 N–H and O–H groups in total. The number of hydrogen-bond acceptors (Lipinski definition) is 1. The molecule has 194 valence electrons. The Balaban J connectivity index is 3.67. The van der Waals surface area contributed by atoms with E-state index in [0.717, 1.165) is 77.0 Å². The molecule has 0 saturated carbocycles. The average Bonchev–Trinajstić information content (AvgIpc) is 2.80. The zero-order valence-corrected chi connectivity index (χ0v) is 22.0. The summed E-state index contributed by atoms with van der Waals surface area (Å²) in [6.07, 6.45) is 13.8. The summed E-state index contributed by atoms with van der Waals surface area (Å²) in [5.74, 6) is -10.7. The normalized spacial score (nSPS) is 13.2. The Morgan fingerprint density at radius 1 is 0.455 bits per heavy atom. The Labute approximate surface area is 197 Å². The second-order valence-electron chi connectivity index (χ2n) is 9.57. The van der Waals surface area contributed by atoms with Crippen LogP contribution >= 0.6 is 6.83 Å². The van der Waals surface area contributed by atoms with Crippen LogP contribution in [0.2, 0.25) is 0 Å². The summed E-state index contributed by atoms with van der Waals surface area (Å²) in [5, 5.41) is 0. The van der Waals surface area contributed by atoms with Crippen LogP contribution < -0.4 is 4.52 Å². The van der Waals surface area contributed by atoms with Gasteiger partial charge in [-0.3, -0.25) is 0 Å². The molecule has 7 heteroatoms. The van der Waals surface area contributed by atoms with E-state index in [-0.39, 0.29) is 0 Å². The molecule has 0 atom stereocenters. The summed E-state index contributed by atoms with van der Waals surface area (Å²) in [5.41, 5.74) is 0. The van der Waals surface area contributed by atoms with Crippen LogP contribution in [0.15, 0.2) is 0 Å². The van der Waals surface area contributed by atoms with Crippen molar-refractivity contribution in [2.24, 2.45) is 0 Å². The fraction of sp³-hybridized carbons (Fsp3) is 0.769. The topological polar surface area (TPSA) is 9.23 Å².